The zero-order valence-corrected chi connectivity index (χ0v) is 7.32. The average Bonchev–Trinajstić information content (AvgIpc) is 2.13. The Hall–Kier alpha value is -1.69. The fourth-order valence-electron chi connectivity index (χ4n) is 0.826. The third-order valence-electron chi connectivity index (χ3n) is 1.39. The Labute approximate surface area is 82.2 Å². The van der Waals surface area contributed by atoms with Crippen LogP contribution < -0.4 is 4.74 Å². The van der Waals surface area contributed by atoms with Gasteiger partial charge >= 0.3 is 5.69 Å². The van der Waals surface area contributed by atoms with E-state index in [1.165, 1.54) is 0 Å². The predicted molar refractivity (Wildman–Crippen MR) is 44.8 cm³/mol. The molecule has 0 fully saturated rings. The number of nitrogens with zero attached hydrogens (tertiary/aromatic N) is 1. The number of nitro groups is 1. The average molecular weight is 220 g/mol. The predicted octanol–water partition coefficient (Wildman–Crippen LogP) is 1.92. The van der Waals surface area contributed by atoms with E-state index in [1.54, 1.807) is 0 Å². The van der Waals surface area contributed by atoms with Crippen molar-refractivity contribution in [3.8, 4) is 5.75 Å². The molecule has 0 aliphatic rings. The van der Waals surface area contributed by atoms with E-state index in [-0.39, 0.29) is 6.47 Å². The molecule has 0 amide bonds. The second kappa shape index (κ2) is 4.01. The minimum atomic E-state index is -0.894. The van der Waals surface area contributed by atoms with Gasteiger partial charge in [0, 0.05) is 6.07 Å². The molecule has 0 spiro atoms. The third-order valence-corrected chi connectivity index (χ3v) is 1.74. The zero-order valence-electron chi connectivity index (χ0n) is 6.57. The summed E-state index contributed by atoms with van der Waals surface area (Å²) in [6.07, 6.45) is 0. The highest BCUT2D eigenvalue weighted by Gasteiger charge is 2.21. The van der Waals surface area contributed by atoms with Crippen molar-refractivity contribution < 1.29 is 18.8 Å². The van der Waals surface area contributed by atoms with Crippen molar-refractivity contribution in [3.63, 3.8) is 0 Å². The van der Waals surface area contributed by atoms with Crippen LogP contribution in [0.5, 0.6) is 5.75 Å². The van der Waals surface area contributed by atoms with Gasteiger partial charge in [0.25, 0.3) is 6.47 Å². The summed E-state index contributed by atoms with van der Waals surface area (Å²) in [4.78, 5) is 19.5. The Bertz CT molecular complexity index is 396. The van der Waals surface area contributed by atoms with Gasteiger partial charge in [-0.2, -0.15) is 0 Å². The highest BCUT2D eigenvalue weighted by Crippen LogP contribution is 2.35. The van der Waals surface area contributed by atoms with Gasteiger partial charge < -0.3 is 4.74 Å². The maximum Gasteiger partial charge on any atom is 0.313 e. The van der Waals surface area contributed by atoms with E-state index in [0.717, 1.165) is 12.1 Å². The van der Waals surface area contributed by atoms with E-state index in [2.05, 4.69) is 4.74 Å². The van der Waals surface area contributed by atoms with E-state index < -0.39 is 27.2 Å². The van der Waals surface area contributed by atoms with Crippen LogP contribution in [-0.2, 0) is 4.79 Å². The van der Waals surface area contributed by atoms with Crippen molar-refractivity contribution in [1.82, 2.24) is 0 Å². The van der Waals surface area contributed by atoms with E-state index >= 15 is 0 Å². The first kappa shape index (κ1) is 10.4. The van der Waals surface area contributed by atoms with Crippen molar-refractivity contribution in [2.24, 2.45) is 0 Å². The topological polar surface area (TPSA) is 69.4 Å². The second-order valence-electron chi connectivity index (χ2n) is 2.18. The maximum atomic E-state index is 12.8. The number of hydrogen-bond acceptors (Lipinski definition) is 4. The number of halogens is 2. The summed E-state index contributed by atoms with van der Waals surface area (Å²) in [5.74, 6) is -1.49. The Morgan fingerprint density at radius 2 is 2.21 bits per heavy atom. The largest absolute Gasteiger partial charge is 0.420 e. The molecular weight excluding hydrogens is 217 g/mol. The molecule has 0 N–H and O–H groups in total. The SMILES string of the molecule is O=COc1c([N+](=O)[O-])ccc(F)c1Cl. The van der Waals surface area contributed by atoms with Gasteiger partial charge in [0.05, 0.1) is 4.92 Å². The summed E-state index contributed by atoms with van der Waals surface area (Å²) in [5.41, 5.74) is -0.566. The monoisotopic (exact) mass is 219 g/mol. The van der Waals surface area contributed by atoms with Gasteiger partial charge in [-0.15, -0.1) is 0 Å². The number of hydrogen-bond donors (Lipinski definition) is 0. The van der Waals surface area contributed by atoms with E-state index in [9.17, 15) is 19.3 Å². The Kier molecular flexibility index (Phi) is 2.98. The van der Waals surface area contributed by atoms with Crippen LogP contribution >= 0.6 is 11.6 Å². The highest BCUT2D eigenvalue weighted by atomic mass is 35.5. The molecule has 1 rings (SSSR count). The van der Waals surface area contributed by atoms with Gasteiger partial charge in [0.2, 0.25) is 5.75 Å². The van der Waals surface area contributed by atoms with Crippen molar-refractivity contribution in [2.75, 3.05) is 0 Å². The summed E-state index contributed by atoms with van der Waals surface area (Å²) in [6.45, 7) is -0.0619. The van der Waals surface area contributed by atoms with Gasteiger partial charge in [0.15, 0.2) is 0 Å². The summed E-state index contributed by atoms with van der Waals surface area (Å²) in [5, 5.41) is 9.80. The summed E-state index contributed by atoms with van der Waals surface area (Å²) in [6, 6.07) is 1.68. The Morgan fingerprint density at radius 3 is 2.71 bits per heavy atom. The Balaban J connectivity index is 3.36. The molecule has 0 atom stereocenters. The first-order valence-corrected chi connectivity index (χ1v) is 3.68. The maximum absolute atomic E-state index is 12.8. The molecule has 1 aromatic rings. The van der Waals surface area contributed by atoms with Crippen LogP contribution in [0.1, 0.15) is 0 Å². The molecule has 0 aliphatic heterocycles. The van der Waals surface area contributed by atoms with Gasteiger partial charge in [0.1, 0.15) is 10.8 Å². The number of benzene rings is 1. The van der Waals surface area contributed by atoms with Gasteiger partial charge in [-0.3, -0.25) is 14.9 Å². The summed E-state index contributed by atoms with van der Waals surface area (Å²) < 4.78 is 17.0. The molecule has 74 valence electrons. The van der Waals surface area contributed by atoms with Crippen LogP contribution in [0.2, 0.25) is 5.02 Å². The lowest BCUT2D eigenvalue weighted by molar-refractivity contribution is -0.385. The number of ether oxygens (including phenoxy) is 1. The molecule has 0 saturated carbocycles. The molecular formula is C7H3ClFNO4. The molecule has 0 bridgehead atoms. The van der Waals surface area contributed by atoms with Crippen LogP contribution in [0.4, 0.5) is 10.1 Å². The summed E-state index contributed by atoms with van der Waals surface area (Å²) >= 11 is 5.36. The number of carbonyl (C=O) groups is 1. The van der Waals surface area contributed by atoms with E-state index in [1.807, 2.05) is 0 Å². The fraction of sp³-hybridized carbons (Fsp3) is 0. The standard InChI is InChI=1S/C7H3ClFNO4/c8-6-4(9)1-2-5(10(12)13)7(6)14-3-11/h1-3H. The minimum absolute atomic E-state index is 0.0619. The van der Waals surface area contributed by atoms with Crippen LogP contribution in [0.3, 0.4) is 0 Å². The smallest absolute Gasteiger partial charge is 0.313 e. The van der Waals surface area contributed by atoms with Crippen LogP contribution in [-0.4, -0.2) is 11.4 Å². The van der Waals surface area contributed by atoms with Crippen molar-refractivity contribution in [1.29, 1.82) is 0 Å². The fourth-order valence-corrected chi connectivity index (χ4v) is 1.03. The highest BCUT2D eigenvalue weighted by molar-refractivity contribution is 6.32. The normalized spacial score (nSPS) is 9.57. The quantitative estimate of drug-likeness (QED) is 0.442. The number of carbonyl (C=O) groups excluding carboxylic acids is 1. The van der Waals surface area contributed by atoms with Crippen molar-refractivity contribution in [2.45, 2.75) is 0 Å². The summed E-state index contributed by atoms with van der Waals surface area (Å²) in [7, 11) is 0. The molecule has 0 saturated heterocycles. The number of nitro benzene ring substituents is 1. The molecule has 5 nitrogen and oxygen atoms in total. The van der Waals surface area contributed by atoms with E-state index in [0.29, 0.717) is 0 Å². The molecule has 1 aromatic carbocycles. The van der Waals surface area contributed by atoms with Crippen molar-refractivity contribution >= 4 is 23.8 Å². The van der Waals surface area contributed by atoms with Crippen LogP contribution in [0.25, 0.3) is 0 Å². The Morgan fingerprint density at radius 1 is 1.57 bits per heavy atom. The van der Waals surface area contributed by atoms with Gasteiger partial charge in [-0.05, 0) is 6.07 Å². The lowest BCUT2D eigenvalue weighted by Gasteiger charge is -2.02. The third kappa shape index (κ3) is 1.80. The molecule has 0 heterocycles. The van der Waals surface area contributed by atoms with Gasteiger partial charge in [-0.1, -0.05) is 11.6 Å². The zero-order chi connectivity index (χ0) is 10.7. The van der Waals surface area contributed by atoms with Crippen LogP contribution in [0.15, 0.2) is 12.1 Å². The molecule has 14 heavy (non-hydrogen) atoms. The van der Waals surface area contributed by atoms with Gasteiger partial charge in [-0.25, -0.2) is 4.39 Å². The minimum Gasteiger partial charge on any atom is -0.420 e. The molecule has 7 heteroatoms. The molecule has 0 aliphatic carbocycles. The lowest BCUT2D eigenvalue weighted by Crippen LogP contribution is -1.98. The first-order chi connectivity index (χ1) is 6.57. The lowest BCUT2D eigenvalue weighted by atomic mass is 10.3. The molecule has 0 aromatic heterocycles. The number of rotatable bonds is 3. The molecule has 0 radical (unpaired) electrons. The second-order valence-corrected chi connectivity index (χ2v) is 2.56. The first-order valence-electron chi connectivity index (χ1n) is 3.30. The molecule has 0 unspecified atom stereocenters. The van der Waals surface area contributed by atoms with Crippen LogP contribution in [0, 0.1) is 15.9 Å². The van der Waals surface area contributed by atoms with E-state index in [4.69, 9.17) is 11.6 Å². The van der Waals surface area contributed by atoms with Crippen molar-refractivity contribution in [3.05, 3.63) is 33.1 Å².